The normalized spacial score (nSPS) is 13.2. The standard InChI is InChI=1S/C23H27N5O2S/c1-14-21(11-25-22(29)5-4-19-15(2)26-27-16(19)3)20-6-8-28(12-18(20)10-24-14)23(30)17-7-9-31-13-17/h7,9-10,13H,4-6,8,11-12H2,1-3H3,(H,25,29)(H,26,27). The quantitative estimate of drug-likeness (QED) is 0.619. The van der Waals surface area contributed by atoms with Gasteiger partial charge in [0.25, 0.3) is 5.91 Å². The van der Waals surface area contributed by atoms with Crippen molar-refractivity contribution in [3.05, 3.63) is 67.9 Å². The Labute approximate surface area is 185 Å². The van der Waals surface area contributed by atoms with Gasteiger partial charge in [-0.2, -0.15) is 16.4 Å². The van der Waals surface area contributed by atoms with Crippen LogP contribution in [0.2, 0.25) is 0 Å². The molecule has 0 aromatic carbocycles. The van der Waals surface area contributed by atoms with E-state index in [0.717, 1.165) is 45.8 Å². The van der Waals surface area contributed by atoms with Gasteiger partial charge in [-0.3, -0.25) is 19.7 Å². The van der Waals surface area contributed by atoms with Crippen LogP contribution in [0.3, 0.4) is 0 Å². The minimum absolute atomic E-state index is 0.0158. The molecule has 0 radical (unpaired) electrons. The Morgan fingerprint density at radius 3 is 2.77 bits per heavy atom. The van der Waals surface area contributed by atoms with Gasteiger partial charge >= 0.3 is 0 Å². The highest BCUT2D eigenvalue weighted by Crippen LogP contribution is 2.25. The summed E-state index contributed by atoms with van der Waals surface area (Å²) in [7, 11) is 0. The van der Waals surface area contributed by atoms with E-state index in [9.17, 15) is 9.59 Å². The molecule has 2 N–H and O–H groups in total. The fourth-order valence-electron chi connectivity index (χ4n) is 4.15. The molecule has 0 saturated heterocycles. The number of thiophene rings is 1. The highest BCUT2D eigenvalue weighted by atomic mass is 32.1. The van der Waals surface area contributed by atoms with Crippen molar-refractivity contribution < 1.29 is 9.59 Å². The van der Waals surface area contributed by atoms with Gasteiger partial charge in [0.05, 0.1) is 11.3 Å². The third-order valence-corrected chi connectivity index (χ3v) is 6.68. The van der Waals surface area contributed by atoms with Gasteiger partial charge in [0.2, 0.25) is 5.91 Å². The molecule has 2 amide bonds. The van der Waals surface area contributed by atoms with Crippen LogP contribution in [-0.4, -0.2) is 38.4 Å². The minimum Gasteiger partial charge on any atom is -0.352 e. The fraction of sp³-hybridized carbons (Fsp3) is 0.391. The first-order chi connectivity index (χ1) is 14.9. The van der Waals surface area contributed by atoms with Gasteiger partial charge in [-0.05, 0) is 67.3 Å². The molecule has 0 spiro atoms. The van der Waals surface area contributed by atoms with Crippen LogP contribution in [0.1, 0.15) is 56.1 Å². The topological polar surface area (TPSA) is 91.0 Å². The second kappa shape index (κ2) is 9.01. The molecule has 0 saturated carbocycles. The van der Waals surface area contributed by atoms with Gasteiger partial charge in [0, 0.05) is 49.0 Å². The third-order valence-electron chi connectivity index (χ3n) is 6.00. The lowest BCUT2D eigenvalue weighted by molar-refractivity contribution is -0.121. The predicted molar refractivity (Wildman–Crippen MR) is 120 cm³/mol. The zero-order chi connectivity index (χ0) is 22.0. The van der Waals surface area contributed by atoms with Crippen molar-refractivity contribution in [2.45, 2.75) is 53.1 Å². The van der Waals surface area contributed by atoms with Crippen LogP contribution in [0.25, 0.3) is 0 Å². The number of pyridine rings is 1. The SMILES string of the molecule is Cc1n[nH]c(C)c1CCC(=O)NCc1c(C)ncc2c1CCN(C(=O)c1ccsc1)C2. The number of hydrogen-bond donors (Lipinski definition) is 2. The molecule has 4 rings (SSSR count). The number of aryl methyl sites for hydroxylation is 3. The number of carbonyl (C=O) groups excluding carboxylic acids is 2. The highest BCUT2D eigenvalue weighted by molar-refractivity contribution is 7.08. The lowest BCUT2D eigenvalue weighted by Crippen LogP contribution is -2.37. The molecule has 0 bridgehead atoms. The molecule has 162 valence electrons. The van der Waals surface area contributed by atoms with E-state index in [4.69, 9.17) is 0 Å². The first kappa shape index (κ1) is 21.2. The average molecular weight is 438 g/mol. The van der Waals surface area contributed by atoms with Crippen molar-refractivity contribution in [1.82, 2.24) is 25.4 Å². The minimum atomic E-state index is 0.0158. The Morgan fingerprint density at radius 1 is 1.23 bits per heavy atom. The van der Waals surface area contributed by atoms with Crippen LogP contribution in [0.15, 0.2) is 23.0 Å². The van der Waals surface area contributed by atoms with E-state index in [1.807, 2.05) is 48.7 Å². The van der Waals surface area contributed by atoms with Crippen molar-refractivity contribution in [3.8, 4) is 0 Å². The van der Waals surface area contributed by atoms with Gasteiger partial charge in [-0.1, -0.05) is 0 Å². The van der Waals surface area contributed by atoms with Crippen LogP contribution in [0, 0.1) is 20.8 Å². The van der Waals surface area contributed by atoms with Gasteiger partial charge in [0.15, 0.2) is 0 Å². The van der Waals surface area contributed by atoms with Crippen molar-refractivity contribution in [3.63, 3.8) is 0 Å². The largest absolute Gasteiger partial charge is 0.352 e. The lowest BCUT2D eigenvalue weighted by atomic mass is 9.94. The molecular formula is C23H27N5O2S. The van der Waals surface area contributed by atoms with Gasteiger partial charge < -0.3 is 10.2 Å². The molecule has 31 heavy (non-hydrogen) atoms. The van der Waals surface area contributed by atoms with Gasteiger partial charge in [0.1, 0.15) is 0 Å². The molecule has 3 aromatic rings. The summed E-state index contributed by atoms with van der Waals surface area (Å²) in [6.45, 7) is 7.59. The third kappa shape index (κ3) is 4.54. The summed E-state index contributed by atoms with van der Waals surface area (Å²) in [6.07, 6.45) is 3.73. The summed E-state index contributed by atoms with van der Waals surface area (Å²) < 4.78 is 0. The van der Waals surface area contributed by atoms with E-state index in [2.05, 4.69) is 20.5 Å². The van der Waals surface area contributed by atoms with Crippen LogP contribution < -0.4 is 5.32 Å². The second-order valence-corrected chi connectivity index (χ2v) is 8.78. The number of nitrogens with zero attached hydrogens (tertiary/aromatic N) is 3. The Bertz CT molecular complexity index is 1080. The number of hydrogen-bond acceptors (Lipinski definition) is 5. The fourth-order valence-corrected chi connectivity index (χ4v) is 4.78. The molecule has 0 fully saturated rings. The number of amides is 2. The summed E-state index contributed by atoms with van der Waals surface area (Å²) in [4.78, 5) is 31.6. The number of aromatic amines is 1. The molecule has 1 aliphatic heterocycles. The first-order valence-electron chi connectivity index (χ1n) is 10.5. The highest BCUT2D eigenvalue weighted by Gasteiger charge is 2.25. The monoisotopic (exact) mass is 437 g/mol. The Hall–Kier alpha value is -3.00. The average Bonchev–Trinajstić information content (AvgIpc) is 3.41. The van der Waals surface area contributed by atoms with E-state index >= 15 is 0 Å². The Balaban J connectivity index is 1.40. The van der Waals surface area contributed by atoms with Crippen molar-refractivity contribution in [2.24, 2.45) is 0 Å². The zero-order valence-electron chi connectivity index (χ0n) is 18.1. The number of rotatable bonds is 6. The number of carbonyl (C=O) groups is 2. The van der Waals surface area contributed by atoms with Crippen LogP contribution in [0.4, 0.5) is 0 Å². The van der Waals surface area contributed by atoms with Crippen LogP contribution >= 0.6 is 11.3 Å². The smallest absolute Gasteiger partial charge is 0.255 e. The summed E-state index contributed by atoms with van der Waals surface area (Å²) in [5.74, 6) is 0.0780. The number of H-pyrrole nitrogens is 1. The van der Waals surface area contributed by atoms with Gasteiger partial charge in [-0.15, -0.1) is 0 Å². The van der Waals surface area contributed by atoms with E-state index < -0.39 is 0 Å². The first-order valence-corrected chi connectivity index (χ1v) is 11.4. The molecule has 0 unspecified atom stereocenters. The maximum absolute atomic E-state index is 12.7. The van der Waals surface area contributed by atoms with Crippen molar-refractivity contribution in [2.75, 3.05) is 6.54 Å². The number of fused-ring (bicyclic) bond motifs is 1. The number of aromatic nitrogens is 3. The molecule has 4 heterocycles. The predicted octanol–water partition coefficient (Wildman–Crippen LogP) is 3.24. The second-order valence-electron chi connectivity index (χ2n) is 8.00. The summed E-state index contributed by atoms with van der Waals surface area (Å²) in [5, 5.41) is 14.0. The van der Waals surface area contributed by atoms with E-state index in [1.54, 1.807) is 0 Å². The molecule has 0 aliphatic carbocycles. The van der Waals surface area contributed by atoms with Crippen molar-refractivity contribution >= 4 is 23.2 Å². The van der Waals surface area contributed by atoms with Crippen molar-refractivity contribution in [1.29, 1.82) is 0 Å². The maximum Gasteiger partial charge on any atom is 0.255 e. The zero-order valence-corrected chi connectivity index (χ0v) is 18.9. The lowest BCUT2D eigenvalue weighted by Gasteiger charge is -2.30. The van der Waals surface area contributed by atoms with Crippen LogP contribution in [-0.2, 0) is 30.7 Å². The molecule has 1 aliphatic rings. The maximum atomic E-state index is 12.7. The number of nitrogens with one attached hydrogen (secondary N) is 2. The molecule has 8 heteroatoms. The molecule has 7 nitrogen and oxygen atoms in total. The van der Waals surface area contributed by atoms with E-state index in [-0.39, 0.29) is 11.8 Å². The van der Waals surface area contributed by atoms with Gasteiger partial charge in [-0.25, -0.2) is 0 Å². The Kier molecular flexibility index (Phi) is 6.18. The molecule has 0 atom stereocenters. The van der Waals surface area contributed by atoms with E-state index in [1.165, 1.54) is 16.9 Å². The summed E-state index contributed by atoms with van der Waals surface area (Å²) in [5.41, 5.74) is 8.10. The Morgan fingerprint density at radius 2 is 2.06 bits per heavy atom. The summed E-state index contributed by atoms with van der Waals surface area (Å²) >= 11 is 1.53. The van der Waals surface area contributed by atoms with E-state index in [0.29, 0.717) is 32.5 Å². The van der Waals surface area contributed by atoms with Crippen LogP contribution in [0.5, 0.6) is 0 Å². The summed E-state index contributed by atoms with van der Waals surface area (Å²) in [6, 6.07) is 1.86. The molecule has 3 aromatic heterocycles. The molecular weight excluding hydrogens is 410 g/mol.